The summed E-state index contributed by atoms with van der Waals surface area (Å²) in [5.41, 5.74) is 0. The maximum atomic E-state index is 10.4. The standard InChI is InChI=1S/C7H9N3O2/c1-5(7(11)12)10-6-4-8-2-3-9-6/h2-5H,1H3,(H,9,10)(H,11,12)/t5-/m1/s1. The van der Waals surface area contributed by atoms with E-state index in [1.807, 2.05) is 0 Å². The topological polar surface area (TPSA) is 75.1 Å². The normalized spacial score (nSPS) is 12.1. The highest BCUT2D eigenvalue weighted by Crippen LogP contribution is 1.99. The van der Waals surface area contributed by atoms with Crippen LogP contribution in [0.15, 0.2) is 18.6 Å². The number of hydrogen-bond donors (Lipinski definition) is 2. The number of carboxylic acids is 1. The number of carbonyl (C=O) groups is 1. The third-order valence-electron chi connectivity index (χ3n) is 1.30. The van der Waals surface area contributed by atoms with Crippen LogP contribution in [0, 0.1) is 0 Å². The molecule has 5 heteroatoms. The highest BCUT2D eigenvalue weighted by molar-refractivity contribution is 5.76. The lowest BCUT2D eigenvalue weighted by atomic mass is 10.3. The summed E-state index contributed by atoms with van der Waals surface area (Å²) in [5, 5.41) is 11.2. The molecule has 1 atom stereocenters. The first-order chi connectivity index (χ1) is 5.70. The molecule has 0 unspecified atom stereocenters. The van der Waals surface area contributed by atoms with Gasteiger partial charge in [-0.05, 0) is 6.92 Å². The van der Waals surface area contributed by atoms with Crippen LogP contribution in [-0.4, -0.2) is 27.1 Å². The fourth-order valence-electron chi connectivity index (χ4n) is 0.657. The van der Waals surface area contributed by atoms with Gasteiger partial charge in [0.2, 0.25) is 0 Å². The summed E-state index contributed by atoms with van der Waals surface area (Å²) >= 11 is 0. The maximum Gasteiger partial charge on any atom is 0.325 e. The van der Waals surface area contributed by atoms with Gasteiger partial charge in [0.15, 0.2) is 0 Å². The van der Waals surface area contributed by atoms with Gasteiger partial charge in [-0.2, -0.15) is 0 Å². The summed E-state index contributed by atoms with van der Waals surface area (Å²) < 4.78 is 0. The first kappa shape index (κ1) is 8.45. The van der Waals surface area contributed by atoms with Crippen LogP contribution < -0.4 is 5.32 Å². The molecule has 0 bridgehead atoms. The molecule has 0 spiro atoms. The molecule has 2 N–H and O–H groups in total. The van der Waals surface area contributed by atoms with E-state index in [1.54, 1.807) is 0 Å². The van der Waals surface area contributed by atoms with Crippen molar-refractivity contribution in [2.24, 2.45) is 0 Å². The van der Waals surface area contributed by atoms with Crippen LogP contribution in [-0.2, 0) is 4.79 Å². The number of hydrogen-bond acceptors (Lipinski definition) is 4. The summed E-state index contributed by atoms with van der Waals surface area (Å²) in [6, 6.07) is -0.651. The van der Waals surface area contributed by atoms with Crippen molar-refractivity contribution in [3.63, 3.8) is 0 Å². The van der Waals surface area contributed by atoms with Crippen molar-refractivity contribution in [1.82, 2.24) is 9.97 Å². The number of aromatic nitrogens is 2. The van der Waals surface area contributed by atoms with E-state index in [-0.39, 0.29) is 0 Å². The first-order valence-electron chi connectivity index (χ1n) is 3.45. The van der Waals surface area contributed by atoms with E-state index >= 15 is 0 Å². The summed E-state index contributed by atoms with van der Waals surface area (Å²) in [6.07, 6.45) is 4.49. The zero-order valence-corrected chi connectivity index (χ0v) is 6.56. The number of nitrogens with one attached hydrogen (secondary N) is 1. The van der Waals surface area contributed by atoms with Gasteiger partial charge in [0.1, 0.15) is 11.9 Å². The lowest BCUT2D eigenvalue weighted by Crippen LogP contribution is -2.25. The Morgan fingerprint density at radius 2 is 2.42 bits per heavy atom. The lowest BCUT2D eigenvalue weighted by Gasteiger charge is -2.07. The smallest absolute Gasteiger partial charge is 0.325 e. The van der Waals surface area contributed by atoms with Gasteiger partial charge in [0, 0.05) is 12.4 Å². The first-order valence-corrected chi connectivity index (χ1v) is 3.45. The molecule has 0 amide bonds. The molecule has 0 aliphatic carbocycles. The van der Waals surface area contributed by atoms with E-state index in [4.69, 9.17) is 5.11 Å². The van der Waals surface area contributed by atoms with E-state index in [0.29, 0.717) is 5.82 Å². The molecule has 0 saturated carbocycles. The molecule has 1 rings (SSSR count). The largest absolute Gasteiger partial charge is 0.480 e. The summed E-state index contributed by atoms with van der Waals surface area (Å²) in [4.78, 5) is 18.0. The fourth-order valence-corrected chi connectivity index (χ4v) is 0.657. The maximum absolute atomic E-state index is 10.4. The Balaban J connectivity index is 2.58. The molecule has 1 aromatic rings. The Morgan fingerprint density at radius 3 is 2.92 bits per heavy atom. The van der Waals surface area contributed by atoms with E-state index in [1.165, 1.54) is 25.5 Å². The Kier molecular flexibility index (Phi) is 2.57. The van der Waals surface area contributed by atoms with Crippen LogP contribution in [0.5, 0.6) is 0 Å². The van der Waals surface area contributed by atoms with Crippen molar-refractivity contribution >= 4 is 11.8 Å². The molecule has 1 heterocycles. The second kappa shape index (κ2) is 3.66. The number of carboxylic acid groups (broad SMARTS) is 1. The quantitative estimate of drug-likeness (QED) is 0.679. The second-order valence-corrected chi connectivity index (χ2v) is 2.29. The zero-order chi connectivity index (χ0) is 8.97. The van der Waals surface area contributed by atoms with Gasteiger partial charge < -0.3 is 10.4 Å². The van der Waals surface area contributed by atoms with Crippen molar-refractivity contribution in [3.05, 3.63) is 18.6 Å². The van der Waals surface area contributed by atoms with E-state index < -0.39 is 12.0 Å². The molecule has 0 radical (unpaired) electrons. The minimum Gasteiger partial charge on any atom is -0.480 e. The third-order valence-corrected chi connectivity index (χ3v) is 1.30. The van der Waals surface area contributed by atoms with Crippen LogP contribution in [0.25, 0.3) is 0 Å². The van der Waals surface area contributed by atoms with Crippen molar-refractivity contribution in [3.8, 4) is 0 Å². The van der Waals surface area contributed by atoms with Crippen LogP contribution >= 0.6 is 0 Å². The molecular weight excluding hydrogens is 158 g/mol. The molecule has 1 aromatic heterocycles. The predicted octanol–water partition coefficient (Wildman–Crippen LogP) is 0.362. The van der Waals surface area contributed by atoms with E-state index in [0.717, 1.165) is 0 Å². The van der Waals surface area contributed by atoms with Gasteiger partial charge in [-0.25, -0.2) is 4.98 Å². The van der Waals surface area contributed by atoms with Crippen LogP contribution in [0.2, 0.25) is 0 Å². The van der Waals surface area contributed by atoms with Gasteiger partial charge in [-0.3, -0.25) is 9.78 Å². The summed E-state index contributed by atoms with van der Waals surface area (Å²) in [7, 11) is 0. The predicted molar refractivity (Wildman–Crippen MR) is 42.8 cm³/mol. The zero-order valence-electron chi connectivity index (χ0n) is 6.56. The Bertz CT molecular complexity index is 263. The number of aliphatic carboxylic acids is 1. The van der Waals surface area contributed by atoms with E-state index in [2.05, 4.69) is 15.3 Å². The summed E-state index contributed by atoms with van der Waals surface area (Å²) in [5.74, 6) is -0.451. The Labute approximate surface area is 69.5 Å². The molecular formula is C7H9N3O2. The second-order valence-electron chi connectivity index (χ2n) is 2.29. The van der Waals surface area contributed by atoms with Crippen molar-refractivity contribution < 1.29 is 9.90 Å². The number of rotatable bonds is 3. The fraction of sp³-hybridized carbons (Fsp3) is 0.286. The van der Waals surface area contributed by atoms with Crippen molar-refractivity contribution in [1.29, 1.82) is 0 Å². The highest BCUT2D eigenvalue weighted by atomic mass is 16.4. The SMILES string of the molecule is C[C@@H](Nc1cnccn1)C(=O)O. The van der Waals surface area contributed by atoms with Crippen LogP contribution in [0.3, 0.4) is 0 Å². The van der Waals surface area contributed by atoms with Crippen LogP contribution in [0.1, 0.15) is 6.92 Å². The molecule has 0 aliphatic heterocycles. The monoisotopic (exact) mass is 167 g/mol. The molecule has 0 aromatic carbocycles. The minimum absolute atomic E-state index is 0.465. The van der Waals surface area contributed by atoms with Gasteiger partial charge in [0.25, 0.3) is 0 Å². The molecule has 5 nitrogen and oxygen atoms in total. The average molecular weight is 167 g/mol. The number of nitrogens with zero attached hydrogens (tertiary/aromatic N) is 2. The molecule has 64 valence electrons. The molecule has 0 saturated heterocycles. The van der Waals surface area contributed by atoms with Crippen LogP contribution in [0.4, 0.5) is 5.82 Å². The number of anilines is 1. The van der Waals surface area contributed by atoms with E-state index in [9.17, 15) is 4.79 Å². The molecule has 0 aliphatic rings. The van der Waals surface area contributed by atoms with Gasteiger partial charge >= 0.3 is 5.97 Å². The lowest BCUT2D eigenvalue weighted by molar-refractivity contribution is -0.137. The van der Waals surface area contributed by atoms with Gasteiger partial charge in [0.05, 0.1) is 6.20 Å². The highest BCUT2D eigenvalue weighted by Gasteiger charge is 2.09. The third kappa shape index (κ3) is 2.19. The molecule has 0 fully saturated rings. The van der Waals surface area contributed by atoms with Crippen molar-refractivity contribution in [2.45, 2.75) is 13.0 Å². The Morgan fingerprint density at radius 1 is 1.67 bits per heavy atom. The average Bonchev–Trinajstić information content (AvgIpc) is 2.06. The summed E-state index contributed by atoms with van der Waals surface area (Å²) in [6.45, 7) is 1.54. The molecule has 12 heavy (non-hydrogen) atoms. The van der Waals surface area contributed by atoms with Gasteiger partial charge in [-0.15, -0.1) is 0 Å². The van der Waals surface area contributed by atoms with Crippen molar-refractivity contribution in [2.75, 3.05) is 5.32 Å². The van der Waals surface area contributed by atoms with Gasteiger partial charge in [-0.1, -0.05) is 0 Å². The Hall–Kier alpha value is -1.65. The minimum atomic E-state index is -0.916.